The van der Waals surface area contributed by atoms with Gasteiger partial charge in [0, 0.05) is 17.7 Å². The quantitative estimate of drug-likeness (QED) is 0.282. The number of aromatic nitrogens is 6. The number of pyridine rings is 1. The summed E-state index contributed by atoms with van der Waals surface area (Å²) in [4.78, 5) is 18.1. The number of imidazole rings is 1. The lowest BCUT2D eigenvalue weighted by molar-refractivity contribution is -0.157. The topological polar surface area (TPSA) is 98.1 Å². The molecule has 8 nitrogen and oxygen atoms in total. The van der Waals surface area contributed by atoms with Crippen molar-refractivity contribution in [3.05, 3.63) is 89.4 Å². The molecule has 0 bridgehead atoms. The fourth-order valence-electron chi connectivity index (χ4n) is 4.65. The number of tetrazole rings is 1. The number of hydrogen-bond acceptors (Lipinski definition) is 6. The first-order valence-electron chi connectivity index (χ1n) is 12.9. The Labute approximate surface area is 221 Å². The fraction of sp³-hybridized carbons (Fsp3) is 0.300. The molecule has 1 aliphatic rings. The van der Waals surface area contributed by atoms with Crippen LogP contribution in [0.5, 0.6) is 0 Å². The summed E-state index contributed by atoms with van der Waals surface area (Å²) in [5.74, 6) is 0.803. The highest BCUT2D eigenvalue weighted by Gasteiger charge is 2.31. The molecular formula is C30H30N6O2. The van der Waals surface area contributed by atoms with Crippen molar-refractivity contribution in [1.29, 1.82) is 0 Å². The van der Waals surface area contributed by atoms with Gasteiger partial charge >= 0.3 is 5.97 Å². The molecule has 2 aromatic carbocycles. The van der Waals surface area contributed by atoms with Crippen LogP contribution in [0.15, 0.2) is 66.9 Å². The Kier molecular flexibility index (Phi) is 5.82. The molecule has 0 radical (unpaired) electrons. The average Bonchev–Trinajstić information content (AvgIpc) is 3.42. The third-order valence-corrected chi connectivity index (χ3v) is 7.00. The normalized spacial score (nSPS) is 14.5. The van der Waals surface area contributed by atoms with Gasteiger partial charge in [-0.25, -0.2) is 4.98 Å². The number of hydrogen-bond donors (Lipinski definition) is 1. The number of rotatable bonds is 6. The summed E-state index contributed by atoms with van der Waals surface area (Å²) in [6.45, 7) is 7.68. The van der Waals surface area contributed by atoms with E-state index in [9.17, 15) is 4.79 Å². The molecule has 1 fully saturated rings. The molecule has 3 heterocycles. The Morgan fingerprint density at radius 1 is 1.03 bits per heavy atom. The zero-order chi connectivity index (χ0) is 26.4. The summed E-state index contributed by atoms with van der Waals surface area (Å²) in [7, 11) is 0. The highest BCUT2D eigenvalue weighted by Crippen LogP contribution is 2.40. The number of fused-ring (bicyclic) bond motifs is 1. The Morgan fingerprint density at radius 3 is 2.42 bits per heavy atom. The highest BCUT2D eigenvalue weighted by atomic mass is 16.5. The molecule has 1 saturated carbocycles. The molecule has 6 rings (SSSR count). The first-order chi connectivity index (χ1) is 18.3. The second-order valence-electron chi connectivity index (χ2n) is 11.0. The molecule has 0 amide bonds. The van der Waals surface area contributed by atoms with Gasteiger partial charge in [0.2, 0.25) is 5.82 Å². The molecule has 3 aromatic heterocycles. The van der Waals surface area contributed by atoms with Gasteiger partial charge in [-0.05, 0) is 74.1 Å². The zero-order valence-corrected chi connectivity index (χ0v) is 22.0. The molecule has 1 N–H and O–H groups in total. The fourth-order valence-corrected chi connectivity index (χ4v) is 4.65. The van der Waals surface area contributed by atoms with Crippen LogP contribution in [0.25, 0.3) is 28.2 Å². The number of nitrogens with one attached hydrogen (secondary N) is 1. The summed E-state index contributed by atoms with van der Waals surface area (Å²) in [6, 6.07) is 20.2. The molecule has 1 aliphatic carbocycles. The van der Waals surface area contributed by atoms with E-state index in [1.165, 1.54) is 12.8 Å². The standard InChI is InChI=1S/C30H30N6O2/c1-18-9-16-25(36-17-24(20-12-13-20)31-28(18)36)26(38-29(37)30(2,3)4)21-14-10-19(11-15-21)22-7-5-6-8-23(22)27-32-34-35-33-27/h5-11,14-17,20,26H,12-13H2,1-4H3,(H,32,33,34,35). The van der Waals surface area contributed by atoms with Crippen LogP contribution >= 0.6 is 0 Å². The molecule has 1 unspecified atom stereocenters. The maximum absolute atomic E-state index is 13.1. The van der Waals surface area contributed by atoms with Crippen molar-refractivity contribution >= 4 is 11.6 Å². The lowest BCUT2D eigenvalue weighted by atomic mass is 9.95. The molecule has 192 valence electrons. The molecule has 0 spiro atoms. The summed E-state index contributed by atoms with van der Waals surface area (Å²) in [6.07, 6.45) is 3.87. The Bertz CT molecular complexity index is 1610. The molecule has 8 heteroatoms. The first-order valence-corrected chi connectivity index (χ1v) is 12.9. The van der Waals surface area contributed by atoms with Crippen LogP contribution in [0.3, 0.4) is 0 Å². The van der Waals surface area contributed by atoms with Crippen molar-refractivity contribution in [2.75, 3.05) is 0 Å². The van der Waals surface area contributed by atoms with Gasteiger partial charge in [0.1, 0.15) is 5.65 Å². The van der Waals surface area contributed by atoms with Gasteiger partial charge in [0.25, 0.3) is 0 Å². The van der Waals surface area contributed by atoms with Crippen LogP contribution in [0, 0.1) is 12.3 Å². The number of nitrogens with zero attached hydrogens (tertiary/aromatic N) is 5. The second kappa shape index (κ2) is 9.20. The van der Waals surface area contributed by atoms with Gasteiger partial charge < -0.3 is 4.74 Å². The molecule has 1 atom stereocenters. The minimum atomic E-state index is -0.639. The third-order valence-electron chi connectivity index (χ3n) is 7.00. The Morgan fingerprint density at radius 2 is 1.76 bits per heavy atom. The number of carbonyl (C=O) groups is 1. The van der Waals surface area contributed by atoms with Gasteiger partial charge in [-0.3, -0.25) is 9.20 Å². The maximum Gasteiger partial charge on any atom is 0.312 e. The monoisotopic (exact) mass is 506 g/mol. The van der Waals surface area contributed by atoms with Gasteiger partial charge in [0.05, 0.1) is 16.8 Å². The molecule has 38 heavy (non-hydrogen) atoms. The van der Waals surface area contributed by atoms with Gasteiger partial charge in [-0.15, -0.1) is 10.2 Å². The average molecular weight is 507 g/mol. The van der Waals surface area contributed by atoms with Crippen LogP contribution in [0.2, 0.25) is 0 Å². The lowest BCUT2D eigenvalue weighted by Crippen LogP contribution is -2.26. The second-order valence-corrected chi connectivity index (χ2v) is 11.0. The van der Waals surface area contributed by atoms with Crippen molar-refractivity contribution in [1.82, 2.24) is 30.0 Å². The van der Waals surface area contributed by atoms with E-state index in [2.05, 4.69) is 44.2 Å². The van der Waals surface area contributed by atoms with Crippen molar-refractivity contribution in [3.8, 4) is 22.5 Å². The van der Waals surface area contributed by atoms with Crippen molar-refractivity contribution < 1.29 is 9.53 Å². The van der Waals surface area contributed by atoms with Crippen LogP contribution in [-0.2, 0) is 9.53 Å². The number of H-pyrrole nitrogens is 1. The molecule has 0 saturated heterocycles. The summed E-state index contributed by atoms with van der Waals surface area (Å²) in [5.41, 5.74) is 7.11. The van der Waals surface area contributed by atoms with Gasteiger partial charge in [-0.1, -0.05) is 54.6 Å². The number of aryl methyl sites for hydroxylation is 1. The Hall–Kier alpha value is -4.33. The number of aromatic amines is 1. The van der Waals surface area contributed by atoms with Gasteiger partial charge in [0.15, 0.2) is 6.10 Å². The zero-order valence-electron chi connectivity index (χ0n) is 22.0. The number of carbonyl (C=O) groups excluding carboxylic acids is 1. The minimum Gasteiger partial charge on any atom is -0.451 e. The summed E-state index contributed by atoms with van der Waals surface area (Å²) in [5, 5.41) is 14.5. The van der Waals surface area contributed by atoms with Crippen LogP contribution < -0.4 is 0 Å². The molecule has 5 aromatic rings. The van der Waals surface area contributed by atoms with E-state index in [1.54, 1.807) is 0 Å². The van der Waals surface area contributed by atoms with E-state index in [1.807, 2.05) is 75.4 Å². The largest absolute Gasteiger partial charge is 0.451 e. The molecule has 0 aliphatic heterocycles. The van der Waals surface area contributed by atoms with E-state index < -0.39 is 11.5 Å². The van der Waals surface area contributed by atoms with E-state index in [-0.39, 0.29) is 5.97 Å². The van der Waals surface area contributed by atoms with Crippen LogP contribution in [0.1, 0.15) is 68.1 Å². The first kappa shape index (κ1) is 24.0. The van der Waals surface area contributed by atoms with Gasteiger partial charge in [-0.2, -0.15) is 5.21 Å². The third kappa shape index (κ3) is 4.47. The van der Waals surface area contributed by atoms with Crippen molar-refractivity contribution in [2.24, 2.45) is 5.41 Å². The van der Waals surface area contributed by atoms with E-state index in [0.717, 1.165) is 44.9 Å². The predicted octanol–water partition coefficient (Wildman–Crippen LogP) is 6.05. The minimum absolute atomic E-state index is 0.259. The van der Waals surface area contributed by atoms with Crippen LogP contribution in [-0.4, -0.2) is 36.0 Å². The predicted molar refractivity (Wildman–Crippen MR) is 144 cm³/mol. The SMILES string of the molecule is Cc1ccc(C(OC(=O)C(C)(C)C)c2ccc(-c3ccccc3-c3nn[nH]n3)cc2)n2cc(C3CC3)nc12. The smallest absolute Gasteiger partial charge is 0.312 e. The molecular weight excluding hydrogens is 476 g/mol. The lowest BCUT2D eigenvalue weighted by Gasteiger charge is -2.25. The highest BCUT2D eigenvalue weighted by molar-refractivity contribution is 5.80. The summed E-state index contributed by atoms with van der Waals surface area (Å²) >= 11 is 0. The number of esters is 1. The Balaban J connectivity index is 1.43. The van der Waals surface area contributed by atoms with E-state index in [0.29, 0.717) is 11.7 Å². The number of ether oxygens (including phenoxy) is 1. The maximum atomic E-state index is 13.1. The van der Waals surface area contributed by atoms with Crippen molar-refractivity contribution in [2.45, 2.75) is 52.6 Å². The van der Waals surface area contributed by atoms with E-state index >= 15 is 0 Å². The van der Waals surface area contributed by atoms with Crippen LogP contribution in [0.4, 0.5) is 0 Å². The van der Waals surface area contributed by atoms with E-state index in [4.69, 9.17) is 9.72 Å². The summed E-state index contributed by atoms with van der Waals surface area (Å²) < 4.78 is 8.33. The number of benzene rings is 2. The van der Waals surface area contributed by atoms with Crippen molar-refractivity contribution in [3.63, 3.8) is 0 Å².